The summed E-state index contributed by atoms with van der Waals surface area (Å²) in [5, 5.41) is 9.52. The number of benzene rings is 1. The van der Waals surface area contributed by atoms with E-state index in [1.807, 2.05) is 35.7 Å². The Morgan fingerprint density at radius 1 is 1.08 bits per heavy atom. The average molecular weight is 356 g/mol. The third kappa shape index (κ3) is 3.51. The van der Waals surface area contributed by atoms with Crippen molar-refractivity contribution in [2.45, 2.75) is 27.7 Å². The van der Waals surface area contributed by atoms with E-state index in [1.54, 1.807) is 0 Å². The molecule has 130 valence electrons. The van der Waals surface area contributed by atoms with Gasteiger partial charge >= 0.3 is 0 Å². The van der Waals surface area contributed by atoms with Crippen LogP contribution in [-0.2, 0) is 0 Å². The molecule has 2 aromatic heterocycles. The lowest BCUT2D eigenvalue weighted by Crippen LogP contribution is -2.21. The van der Waals surface area contributed by atoms with Crippen LogP contribution in [0.5, 0.6) is 0 Å². The minimum absolute atomic E-state index is 0.640. The topological polar surface area (TPSA) is 45.3 Å². The lowest BCUT2D eigenvalue weighted by atomic mass is 10.1. The molecule has 25 heavy (non-hydrogen) atoms. The molecule has 0 saturated heterocycles. The Hall–Kier alpha value is -2.40. The quantitative estimate of drug-likeness (QED) is 0.537. The summed E-state index contributed by atoms with van der Waals surface area (Å²) in [5.74, 6) is 0.699. The molecular formula is C19H22ClN5. The lowest BCUT2D eigenvalue weighted by molar-refractivity contribution is 0.865. The predicted octanol–water partition coefficient (Wildman–Crippen LogP) is 5.87. The molecule has 0 fully saturated rings. The number of nitrogens with zero attached hydrogens (tertiary/aromatic N) is 5. The third-order valence-corrected chi connectivity index (χ3v) is 4.51. The fraction of sp³-hybridized carbons (Fsp3) is 0.316. The molecule has 1 aromatic carbocycles. The van der Waals surface area contributed by atoms with Gasteiger partial charge in [-0.05, 0) is 63.6 Å². The zero-order chi connectivity index (χ0) is 18.0. The Morgan fingerprint density at radius 2 is 1.84 bits per heavy atom. The fourth-order valence-corrected chi connectivity index (χ4v) is 3.04. The molecule has 6 heteroatoms. The number of imidazole rings is 1. The summed E-state index contributed by atoms with van der Waals surface area (Å²) in [4.78, 5) is 6.80. The Balaban J connectivity index is 1.95. The fourth-order valence-electron chi connectivity index (χ4n) is 2.88. The first-order valence-corrected chi connectivity index (χ1v) is 8.82. The van der Waals surface area contributed by atoms with Crippen molar-refractivity contribution >= 4 is 34.4 Å². The van der Waals surface area contributed by atoms with E-state index in [4.69, 9.17) is 11.6 Å². The number of anilines is 1. The van der Waals surface area contributed by atoms with E-state index in [0.29, 0.717) is 10.8 Å². The highest BCUT2D eigenvalue weighted by Gasteiger charge is 2.09. The molecule has 2 heterocycles. The van der Waals surface area contributed by atoms with E-state index < -0.39 is 0 Å². The molecule has 3 aromatic rings. The molecule has 0 amide bonds. The highest BCUT2D eigenvalue weighted by atomic mass is 35.5. The van der Waals surface area contributed by atoms with Crippen molar-refractivity contribution in [2.24, 2.45) is 10.2 Å². The Kier molecular flexibility index (Phi) is 5.04. The van der Waals surface area contributed by atoms with Crippen molar-refractivity contribution < 1.29 is 0 Å². The molecule has 0 saturated carbocycles. The number of fused-ring (bicyclic) bond motifs is 1. The number of aryl methyl sites for hydroxylation is 2. The Labute approximate surface area is 153 Å². The van der Waals surface area contributed by atoms with E-state index in [9.17, 15) is 0 Å². The van der Waals surface area contributed by atoms with Crippen LogP contribution < -0.4 is 4.90 Å². The second-order valence-corrected chi connectivity index (χ2v) is 6.38. The molecule has 0 radical (unpaired) electrons. The molecular weight excluding hydrogens is 334 g/mol. The molecule has 0 unspecified atom stereocenters. The van der Waals surface area contributed by atoms with Gasteiger partial charge in [-0.3, -0.25) is 4.40 Å². The summed E-state index contributed by atoms with van der Waals surface area (Å²) in [6.07, 6.45) is 1.81. The lowest BCUT2D eigenvalue weighted by Gasteiger charge is -2.21. The second-order valence-electron chi connectivity index (χ2n) is 5.94. The summed E-state index contributed by atoms with van der Waals surface area (Å²) in [5.41, 5.74) is 4.79. The first-order valence-electron chi connectivity index (χ1n) is 8.45. The molecule has 0 aliphatic heterocycles. The summed E-state index contributed by atoms with van der Waals surface area (Å²) in [7, 11) is 0. The standard InChI is InChI=1S/C19H22ClN5/c1-5-24(6-2)16-8-9-17(13(3)11-16)22-23-19-14(4)21-18-10-7-15(20)12-25(18)19/h7-12H,5-6H2,1-4H3. The maximum absolute atomic E-state index is 6.09. The number of pyridine rings is 1. The van der Waals surface area contributed by atoms with E-state index in [2.05, 4.69) is 53.0 Å². The van der Waals surface area contributed by atoms with E-state index >= 15 is 0 Å². The summed E-state index contributed by atoms with van der Waals surface area (Å²) >= 11 is 6.09. The summed E-state index contributed by atoms with van der Waals surface area (Å²) in [6.45, 7) is 10.3. The Morgan fingerprint density at radius 3 is 2.52 bits per heavy atom. The smallest absolute Gasteiger partial charge is 0.182 e. The molecule has 0 aliphatic carbocycles. The van der Waals surface area contributed by atoms with Crippen LogP contribution in [0.1, 0.15) is 25.1 Å². The first kappa shape index (κ1) is 17.4. The molecule has 0 bridgehead atoms. The maximum atomic E-state index is 6.09. The minimum Gasteiger partial charge on any atom is -0.372 e. The van der Waals surface area contributed by atoms with Crippen LogP contribution >= 0.6 is 11.6 Å². The van der Waals surface area contributed by atoms with Gasteiger partial charge in [-0.1, -0.05) is 11.6 Å². The van der Waals surface area contributed by atoms with Gasteiger partial charge in [0, 0.05) is 25.0 Å². The van der Waals surface area contributed by atoms with Gasteiger partial charge < -0.3 is 4.90 Å². The van der Waals surface area contributed by atoms with Gasteiger partial charge in [-0.2, -0.15) is 0 Å². The van der Waals surface area contributed by atoms with Gasteiger partial charge in [0.15, 0.2) is 5.82 Å². The number of aromatic nitrogens is 2. The molecule has 5 nitrogen and oxygen atoms in total. The minimum atomic E-state index is 0.640. The Bertz CT molecular complexity index is 925. The zero-order valence-corrected chi connectivity index (χ0v) is 15.7. The van der Waals surface area contributed by atoms with Crippen molar-refractivity contribution in [3.8, 4) is 0 Å². The summed E-state index contributed by atoms with van der Waals surface area (Å²) in [6, 6.07) is 9.95. The highest BCUT2D eigenvalue weighted by molar-refractivity contribution is 6.30. The van der Waals surface area contributed by atoms with Gasteiger partial charge in [0.05, 0.1) is 16.4 Å². The zero-order valence-electron chi connectivity index (χ0n) is 15.0. The normalized spacial score (nSPS) is 11.6. The SMILES string of the molecule is CCN(CC)c1ccc(N=Nc2c(C)nc3ccc(Cl)cn23)c(C)c1. The van der Waals surface area contributed by atoms with Gasteiger partial charge in [-0.15, -0.1) is 10.2 Å². The summed E-state index contributed by atoms with van der Waals surface area (Å²) < 4.78 is 1.86. The molecule has 0 N–H and O–H groups in total. The van der Waals surface area contributed by atoms with Crippen LogP contribution in [0.25, 0.3) is 5.65 Å². The molecule has 0 atom stereocenters. The first-order chi connectivity index (χ1) is 12.0. The average Bonchev–Trinajstić information content (AvgIpc) is 2.90. The van der Waals surface area contributed by atoms with Gasteiger partial charge in [0.25, 0.3) is 0 Å². The number of azo groups is 1. The number of rotatable bonds is 5. The van der Waals surface area contributed by atoms with Crippen molar-refractivity contribution in [3.05, 3.63) is 52.8 Å². The molecule has 0 aliphatic rings. The predicted molar refractivity (Wildman–Crippen MR) is 104 cm³/mol. The number of hydrogen-bond acceptors (Lipinski definition) is 4. The van der Waals surface area contributed by atoms with Crippen LogP contribution in [0.3, 0.4) is 0 Å². The maximum Gasteiger partial charge on any atom is 0.182 e. The van der Waals surface area contributed by atoms with Gasteiger partial charge in [0.1, 0.15) is 5.65 Å². The molecule has 0 spiro atoms. The van der Waals surface area contributed by atoms with Crippen LogP contribution in [0.15, 0.2) is 46.8 Å². The van der Waals surface area contributed by atoms with Gasteiger partial charge in [-0.25, -0.2) is 4.98 Å². The van der Waals surface area contributed by atoms with Crippen LogP contribution in [0, 0.1) is 13.8 Å². The second kappa shape index (κ2) is 7.23. The van der Waals surface area contributed by atoms with Crippen LogP contribution in [-0.4, -0.2) is 22.5 Å². The van der Waals surface area contributed by atoms with E-state index in [-0.39, 0.29) is 0 Å². The van der Waals surface area contributed by atoms with E-state index in [1.165, 1.54) is 5.69 Å². The van der Waals surface area contributed by atoms with Crippen molar-refractivity contribution in [1.82, 2.24) is 9.38 Å². The number of hydrogen-bond donors (Lipinski definition) is 0. The third-order valence-electron chi connectivity index (χ3n) is 4.29. The monoisotopic (exact) mass is 355 g/mol. The van der Waals surface area contributed by atoms with Crippen molar-refractivity contribution in [2.75, 3.05) is 18.0 Å². The van der Waals surface area contributed by atoms with Crippen molar-refractivity contribution in [3.63, 3.8) is 0 Å². The van der Waals surface area contributed by atoms with Crippen LogP contribution in [0.4, 0.5) is 17.2 Å². The van der Waals surface area contributed by atoms with Crippen molar-refractivity contribution in [1.29, 1.82) is 0 Å². The highest BCUT2D eigenvalue weighted by Crippen LogP contribution is 2.28. The largest absolute Gasteiger partial charge is 0.372 e. The van der Waals surface area contributed by atoms with Crippen LogP contribution in [0.2, 0.25) is 5.02 Å². The molecule has 3 rings (SSSR count). The van der Waals surface area contributed by atoms with Gasteiger partial charge in [0.2, 0.25) is 0 Å². The number of halogens is 1. The van der Waals surface area contributed by atoms with E-state index in [0.717, 1.165) is 35.7 Å².